The topological polar surface area (TPSA) is 108 Å². The van der Waals surface area contributed by atoms with Crippen LogP contribution in [0.4, 0.5) is 0 Å². The van der Waals surface area contributed by atoms with Crippen molar-refractivity contribution in [1.82, 2.24) is 19.9 Å². The number of rotatable bonds is 6. The van der Waals surface area contributed by atoms with Gasteiger partial charge in [0.15, 0.2) is 0 Å². The molecule has 9 heteroatoms. The predicted molar refractivity (Wildman–Crippen MR) is 107 cm³/mol. The normalized spacial score (nSPS) is 15.6. The van der Waals surface area contributed by atoms with E-state index in [0.717, 1.165) is 5.56 Å². The molecule has 2 heterocycles. The average Bonchev–Trinajstić information content (AvgIpc) is 2.77. The van der Waals surface area contributed by atoms with Crippen molar-refractivity contribution in [2.75, 3.05) is 19.6 Å². The molecule has 3 rings (SSSR count). The summed E-state index contributed by atoms with van der Waals surface area (Å²) in [5, 5.41) is 5.23. The zero-order chi connectivity index (χ0) is 20.7. The summed E-state index contributed by atoms with van der Waals surface area (Å²) in [7, 11) is -3.54. The van der Waals surface area contributed by atoms with E-state index >= 15 is 0 Å². The average molecular weight is 417 g/mol. The molecule has 0 aliphatic carbocycles. The Bertz CT molecular complexity index is 927. The summed E-state index contributed by atoms with van der Waals surface area (Å²) in [6.45, 7) is 1.38. The van der Waals surface area contributed by atoms with Gasteiger partial charge in [-0.25, -0.2) is 8.42 Å². The molecule has 0 saturated carbocycles. The number of amides is 2. The van der Waals surface area contributed by atoms with Crippen LogP contribution in [0.15, 0.2) is 59.8 Å². The number of carbonyl (C=O) groups is 2. The Labute approximate surface area is 170 Å². The Hall–Kier alpha value is -2.78. The molecule has 0 atom stereocenters. The van der Waals surface area contributed by atoms with Gasteiger partial charge in [-0.2, -0.15) is 4.31 Å². The molecule has 1 saturated heterocycles. The molecule has 0 spiro atoms. The van der Waals surface area contributed by atoms with E-state index in [-0.39, 0.29) is 17.4 Å². The maximum absolute atomic E-state index is 12.6. The summed E-state index contributed by atoms with van der Waals surface area (Å²) in [4.78, 5) is 27.9. The number of nitrogens with zero attached hydrogens (tertiary/aromatic N) is 2. The summed E-state index contributed by atoms with van der Waals surface area (Å²) >= 11 is 0. The lowest BCUT2D eigenvalue weighted by atomic mass is 9.98. The second-order valence-electron chi connectivity index (χ2n) is 6.91. The van der Waals surface area contributed by atoms with Crippen molar-refractivity contribution in [2.24, 2.45) is 5.92 Å². The lowest BCUT2D eigenvalue weighted by Crippen LogP contribution is -2.44. The number of benzene rings is 1. The first kappa shape index (κ1) is 20.9. The number of aromatic nitrogens is 1. The van der Waals surface area contributed by atoms with E-state index in [9.17, 15) is 18.0 Å². The molecular weight excluding hydrogens is 392 g/mol. The number of hydrogen-bond acceptors (Lipinski definition) is 5. The summed E-state index contributed by atoms with van der Waals surface area (Å²) in [6, 6.07) is 12.5. The summed E-state index contributed by atoms with van der Waals surface area (Å²) in [6.07, 6.45) is 4.11. The van der Waals surface area contributed by atoms with Crippen LogP contribution in [0.1, 0.15) is 18.4 Å². The van der Waals surface area contributed by atoms with Gasteiger partial charge in [0.2, 0.25) is 10.0 Å². The van der Waals surface area contributed by atoms with Crippen LogP contribution >= 0.6 is 0 Å². The summed E-state index contributed by atoms with van der Waals surface area (Å²) in [5.41, 5.74) is 0.913. The molecule has 0 radical (unpaired) electrons. The van der Waals surface area contributed by atoms with Crippen LogP contribution in [0, 0.1) is 5.92 Å². The molecule has 2 N–H and O–H groups in total. The second kappa shape index (κ2) is 9.62. The van der Waals surface area contributed by atoms with Crippen molar-refractivity contribution < 1.29 is 18.0 Å². The molecule has 1 aliphatic heterocycles. The molecule has 1 fully saturated rings. The van der Waals surface area contributed by atoms with E-state index in [1.807, 2.05) is 30.3 Å². The molecule has 29 heavy (non-hydrogen) atoms. The van der Waals surface area contributed by atoms with Gasteiger partial charge < -0.3 is 10.6 Å². The van der Waals surface area contributed by atoms with Crippen LogP contribution in [-0.4, -0.2) is 49.2 Å². The fourth-order valence-corrected chi connectivity index (χ4v) is 4.61. The van der Waals surface area contributed by atoms with Gasteiger partial charge in [0, 0.05) is 38.6 Å². The minimum Gasteiger partial charge on any atom is -0.348 e. The van der Waals surface area contributed by atoms with Gasteiger partial charge in [-0.1, -0.05) is 30.3 Å². The number of hydrogen-bond donors (Lipinski definition) is 2. The van der Waals surface area contributed by atoms with Gasteiger partial charge in [0.05, 0.1) is 0 Å². The van der Waals surface area contributed by atoms with E-state index in [1.165, 1.54) is 22.8 Å². The molecule has 0 unspecified atom stereocenters. The lowest BCUT2D eigenvalue weighted by molar-refractivity contribution is -0.139. The number of sulfonamides is 1. The van der Waals surface area contributed by atoms with Crippen LogP contribution in [0.3, 0.4) is 0 Å². The highest BCUT2D eigenvalue weighted by molar-refractivity contribution is 7.89. The molecular formula is C20H24N4O4S. The standard InChI is InChI=1S/C20H24N4O4S/c25-19(22-13-16-5-2-1-3-6-16)20(26)23-14-17-8-11-24(12-9-17)29(27,28)18-7-4-10-21-15-18/h1-7,10,15,17H,8-9,11-14H2,(H,22,25)(H,23,26). The van der Waals surface area contributed by atoms with Gasteiger partial charge in [0.25, 0.3) is 0 Å². The monoisotopic (exact) mass is 416 g/mol. The second-order valence-corrected chi connectivity index (χ2v) is 8.85. The SMILES string of the molecule is O=C(NCc1ccccc1)C(=O)NCC1CCN(S(=O)(=O)c2cccnc2)CC1. The van der Waals surface area contributed by atoms with E-state index in [2.05, 4.69) is 15.6 Å². The van der Waals surface area contributed by atoms with E-state index < -0.39 is 21.8 Å². The smallest absolute Gasteiger partial charge is 0.309 e. The zero-order valence-corrected chi connectivity index (χ0v) is 16.8. The molecule has 2 amide bonds. The van der Waals surface area contributed by atoms with E-state index in [1.54, 1.807) is 6.07 Å². The largest absolute Gasteiger partial charge is 0.348 e. The molecule has 154 valence electrons. The molecule has 8 nitrogen and oxygen atoms in total. The van der Waals surface area contributed by atoms with Crippen LogP contribution in [-0.2, 0) is 26.2 Å². The highest BCUT2D eigenvalue weighted by Crippen LogP contribution is 2.22. The van der Waals surface area contributed by atoms with Crippen LogP contribution in [0.25, 0.3) is 0 Å². The number of piperidine rings is 1. The Morgan fingerprint density at radius 3 is 2.34 bits per heavy atom. The molecule has 1 aromatic carbocycles. The van der Waals surface area contributed by atoms with E-state index in [0.29, 0.717) is 32.5 Å². The Kier molecular flexibility index (Phi) is 6.95. The first-order chi connectivity index (χ1) is 14.0. The maximum Gasteiger partial charge on any atom is 0.309 e. The van der Waals surface area contributed by atoms with Crippen LogP contribution < -0.4 is 10.6 Å². The van der Waals surface area contributed by atoms with E-state index in [4.69, 9.17) is 0 Å². The minimum absolute atomic E-state index is 0.126. The molecule has 1 aliphatic rings. The highest BCUT2D eigenvalue weighted by atomic mass is 32.2. The van der Waals surface area contributed by atoms with Crippen molar-refractivity contribution in [1.29, 1.82) is 0 Å². The van der Waals surface area contributed by atoms with Gasteiger partial charge >= 0.3 is 11.8 Å². The maximum atomic E-state index is 12.6. The van der Waals surface area contributed by atoms with Crippen molar-refractivity contribution in [3.05, 3.63) is 60.4 Å². The molecule has 2 aromatic rings. The first-order valence-electron chi connectivity index (χ1n) is 9.47. The van der Waals surface area contributed by atoms with Crippen LogP contribution in [0.5, 0.6) is 0 Å². The third kappa shape index (κ3) is 5.61. The fourth-order valence-electron chi connectivity index (χ4n) is 3.18. The van der Waals surface area contributed by atoms with Crippen molar-refractivity contribution in [2.45, 2.75) is 24.3 Å². The summed E-state index contributed by atoms with van der Waals surface area (Å²) < 4.78 is 26.6. The van der Waals surface area contributed by atoms with Gasteiger partial charge in [-0.05, 0) is 36.5 Å². The van der Waals surface area contributed by atoms with Gasteiger partial charge in [-0.15, -0.1) is 0 Å². The van der Waals surface area contributed by atoms with Crippen LogP contribution in [0.2, 0.25) is 0 Å². The first-order valence-corrected chi connectivity index (χ1v) is 10.9. The fraction of sp³-hybridized carbons (Fsp3) is 0.350. The summed E-state index contributed by atoms with van der Waals surface area (Å²) in [5.74, 6) is -1.22. The quantitative estimate of drug-likeness (QED) is 0.681. The third-order valence-corrected chi connectivity index (χ3v) is 6.78. The molecule has 0 bridgehead atoms. The van der Waals surface area contributed by atoms with Crippen molar-refractivity contribution in [3.8, 4) is 0 Å². The molecule has 1 aromatic heterocycles. The third-order valence-electron chi connectivity index (χ3n) is 4.90. The highest BCUT2D eigenvalue weighted by Gasteiger charge is 2.29. The Morgan fingerprint density at radius 2 is 1.69 bits per heavy atom. The Morgan fingerprint density at radius 1 is 1.00 bits per heavy atom. The number of pyridine rings is 1. The zero-order valence-electron chi connectivity index (χ0n) is 16.0. The number of carbonyl (C=O) groups excluding carboxylic acids is 2. The van der Waals surface area contributed by atoms with Gasteiger partial charge in [0.1, 0.15) is 4.90 Å². The lowest BCUT2D eigenvalue weighted by Gasteiger charge is -2.31. The Balaban J connectivity index is 1.41. The van der Waals surface area contributed by atoms with Gasteiger partial charge in [-0.3, -0.25) is 14.6 Å². The predicted octanol–water partition coefficient (Wildman–Crippen LogP) is 0.915. The number of nitrogens with one attached hydrogen (secondary N) is 2. The minimum atomic E-state index is -3.54. The van der Waals surface area contributed by atoms with Crippen molar-refractivity contribution >= 4 is 21.8 Å². The van der Waals surface area contributed by atoms with Crippen molar-refractivity contribution in [3.63, 3.8) is 0 Å².